The van der Waals surface area contributed by atoms with Crippen molar-refractivity contribution >= 4 is 29.4 Å². The molecule has 4 amide bonds. The van der Waals surface area contributed by atoms with Gasteiger partial charge in [0, 0.05) is 42.6 Å². The zero-order chi connectivity index (χ0) is 22.7. The largest absolute Gasteiger partial charge is 0.334 e. The number of anilines is 1. The van der Waals surface area contributed by atoms with Crippen molar-refractivity contribution in [3.63, 3.8) is 0 Å². The first kappa shape index (κ1) is 21.6. The highest BCUT2D eigenvalue weighted by Crippen LogP contribution is 2.32. The quantitative estimate of drug-likeness (QED) is 0.600. The minimum atomic E-state index is -0.512. The van der Waals surface area contributed by atoms with E-state index in [1.54, 1.807) is 12.1 Å². The van der Waals surface area contributed by atoms with Crippen LogP contribution in [0.4, 0.5) is 15.0 Å². The monoisotopic (exact) mass is 438 g/mol. The summed E-state index contributed by atoms with van der Waals surface area (Å²) in [5.41, 5.74) is 2.44. The standard InChI is InChI=1S/C23H23FN4O4/c24-17-7-8-25-19(11-17)27-23(32)26-12-13-1-5-18-16(9-13)10-15(21(18)30)3-2-14-4-6-20(29)28-22(14)31/h1,5,7-9,11,14-15H,2-4,6,10,12H2,(H,28,29,31)(H2,25,26,27,32). The highest BCUT2D eigenvalue weighted by atomic mass is 19.1. The van der Waals surface area contributed by atoms with Gasteiger partial charge in [-0.2, -0.15) is 0 Å². The number of amides is 4. The van der Waals surface area contributed by atoms with E-state index in [9.17, 15) is 23.6 Å². The number of fused-ring (bicyclic) bond motifs is 1. The first-order valence-electron chi connectivity index (χ1n) is 10.5. The molecule has 1 saturated heterocycles. The van der Waals surface area contributed by atoms with E-state index in [0.717, 1.165) is 17.2 Å². The lowest BCUT2D eigenvalue weighted by molar-refractivity contribution is -0.136. The highest BCUT2D eigenvalue weighted by molar-refractivity contribution is 6.02. The van der Waals surface area contributed by atoms with E-state index in [0.29, 0.717) is 37.7 Å². The number of nitrogens with one attached hydrogen (secondary N) is 3. The van der Waals surface area contributed by atoms with Gasteiger partial charge in [-0.3, -0.25) is 25.0 Å². The number of piperidine rings is 1. The van der Waals surface area contributed by atoms with Crippen LogP contribution in [0.3, 0.4) is 0 Å². The van der Waals surface area contributed by atoms with Crippen molar-refractivity contribution in [1.29, 1.82) is 0 Å². The molecule has 32 heavy (non-hydrogen) atoms. The van der Waals surface area contributed by atoms with Gasteiger partial charge in [-0.15, -0.1) is 0 Å². The fourth-order valence-electron chi connectivity index (χ4n) is 4.21. The van der Waals surface area contributed by atoms with Gasteiger partial charge < -0.3 is 5.32 Å². The Labute approximate surface area is 184 Å². The number of urea groups is 1. The van der Waals surface area contributed by atoms with Crippen LogP contribution in [0.15, 0.2) is 36.5 Å². The molecule has 1 fully saturated rings. The Morgan fingerprint density at radius 1 is 1.12 bits per heavy atom. The summed E-state index contributed by atoms with van der Waals surface area (Å²) in [5, 5.41) is 7.51. The number of pyridine rings is 1. The van der Waals surface area contributed by atoms with Crippen LogP contribution < -0.4 is 16.0 Å². The molecule has 1 aromatic heterocycles. The molecule has 0 bridgehead atoms. The molecule has 1 aliphatic heterocycles. The van der Waals surface area contributed by atoms with Gasteiger partial charge >= 0.3 is 6.03 Å². The van der Waals surface area contributed by atoms with E-state index < -0.39 is 11.8 Å². The molecular formula is C23H23FN4O4. The lowest BCUT2D eigenvalue weighted by Gasteiger charge is -2.21. The maximum absolute atomic E-state index is 13.2. The second-order valence-electron chi connectivity index (χ2n) is 8.15. The summed E-state index contributed by atoms with van der Waals surface area (Å²) in [4.78, 5) is 51.8. The number of aromatic nitrogens is 1. The molecule has 2 aromatic rings. The van der Waals surface area contributed by atoms with Crippen molar-refractivity contribution in [3.05, 3.63) is 59.0 Å². The third kappa shape index (κ3) is 4.99. The van der Waals surface area contributed by atoms with Crippen LogP contribution in [0.25, 0.3) is 0 Å². The van der Waals surface area contributed by atoms with Gasteiger partial charge in [-0.25, -0.2) is 14.2 Å². The zero-order valence-electron chi connectivity index (χ0n) is 17.3. The predicted molar refractivity (Wildman–Crippen MR) is 113 cm³/mol. The number of benzene rings is 1. The van der Waals surface area contributed by atoms with E-state index in [1.807, 2.05) is 6.07 Å². The van der Waals surface area contributed by atoms with E-state index in [1.165, 1.54) is 12.3 Å². The normalized spacial score (nSPS) is 20.0. The molecule has 0 saturated carbocycles. The lowest BCUT2D eigenvalue weighted by atomic mass is 9.88. The summed E-state index contributed by atoms with van der Waals surface area (Å²) in [7, 11) is 0. The minimum absolute atomic E-state index is 0.0710. The number of hydrogen-bond acceptors (Lipinski definition) is 5. The van der Waals surface area contributed by atoms with Crippen molar-refractivity contribution in [3.8, 4) is 0 Å². The van der Waals surface area contributed by atoms with Gasteiger partial charge in [0.15, 0.2) is 5.78 Å². The van der Waals surface area contributed by atoms with Crippen LogP contribution in [-0.2, 0) is 22.6 Å². The summed E-state index contributed by atoms with van der Waals surface area (Å²) < 4.78 is 13.2. The number of hydrogen-bond donors (Lipinski definition) is 3. The van der Waals surface area contributed by atoms with E-state index in [-0.39, 0.29) is 41.8 Å². The lowest BCUT2D eigenvalue weighted by Crippen LogP contribution is -2.40. The number of carbonyl (C=O) groups excluding carboxylic acids is 4. The molecule has 0 spiro atoms. The van der Waals surface area contributed by atoms with Gasteiger partial charge in [0.05, 0.1) is 0 Å². The molecule has 2 aliphatic rings. The molecule has 2 atom stereocenters. The fraction of sp³-hybridized carbons (Fsp3) is 0.348. The highest BCUT2D eigenvalue weighted by Gasteiger charge is 2.33. The number of imide groups is 1. The Hall–Kier alpha value is -3.62. The molecule has 0 radical (unpaired) electrons. The SMILES string of the molecule is O=C1CCC(CCC2Cc3cc(CNC(=O)Nc4cc(F)ccn4)ccc3C2=O)C(=O)N1. The second-order valence-corrected chi connectivity index (χ2v) is 8.15. The molecule has 2 heterocycles. The second kappa shape index (κ2) is 9.25. The predicted octanol–water partition coefficient (Wildman–Crippen LogP) is 2.73. The topological polar surface area (TPSA) is 117 Å². The van der Waals surface area contributed by atoms with Crippen LogP contribution in [0.1, 0.15) is 47.2 Å². The van der Waals surface area contributed by atoms with Crippen molar-refractivity contribution in [2.45, 2.75) is 38.6 Å². The number of Topliss-reactive ketones (excluding diaryl/α,β-unsaturated/α-hetero) is 1. The number of halogens is 1. The molecule has 2 unspecified atom stereocenters. The molecule has 9 heteroatoms. The Balaban J connectivity index is 1.30. The van der Waals surface area contributed by atoms with Crippen LogP contribution in [0.5, 0.6) is 0 Å². The molecule has 1 aliphatic carbocycles. The number of nitrogens with zero attached hydrogens (tertiary/aromatic N) is 1. The number of carbonyl (C=O) groups is 4. The Morgan fingerprint density at radius 3 is 2.72 bits per heavy atom. The molecular weight excluding hydrogens is 415 g/mol. The molecule has 4 rings (SSSR count). The number of ketones is 1. The Morgan fingerprint density at radius 2 is 1.94 bits per heavy atom. The average molecular weight is 438 g/mol. The van der Waals surface area contributed by atoms with Crippen molar-refractivity contribution in [2.75, 3.05) is 5.32 Å². The summed E-state index contributed by atoms with van der Waals surface area (Å²) in [5.74, 6) is -1.20. The van der Waals surface area contributed by atoms with Gasteiger partial charge in [-0.05, 0) is 42.9 Å². The summed E-state index contributed by atoms with van der Waals surface area (Å²) >= 11 is 0. The molecule has 8 nitrogen and oxygen atoms in total. The summed E-state index contributed by atoms with van der Waals surface area (Å²) in [6.07, 6.45) is 3.90. The first-order valence-corrected chi connectivity index (χ1v) is 10.5. The van der Waals surface area contributed by atoms with Gasteiger partial charge in [0.2, 0.25) is 11.8 Å². The fourth-order valence-corrected chi connectivity index (χ4v) is 4.21. The van der Waals surface area contributed by atoms with Gasteiger partial charge in [0.25, 0.3) is 0 Å². The van der Waals surface area contributed by atoms with Crippen molar-refractivity contribution in [2.24, 2.45) is 11.8 Å². The Bertz CT molecular complexity index is 1090. The van der Waals surface area contributed by atoms with Crippen molar-refractivity contribution in [1.82, 2.24) is 15.6 Å². The summed E-state index contributed by atoms with van der Waals surface area (Å²) in [6.45, 7) is 0.240. The smallest absolute Gasteiger partial charge is 0.320 e. The zero-order valence-corrected chi connectivity index (χ0v) is 17.3. The van der Waals surface area contributed by atoms with Crippen LogP contribution >= 0.6 is 0 Å². The third-order valence-corrected chi connectivity index (χ3v) is 5.91. The van der Waals surface area contributed by atoms with Crippen molar-refractivity contribution < 1.29 is 23.6 Å². The van der Waals surface area contributed by atoms with E-state index >= 15 is 0 Å². The molecule has 3 N–H and O–H groups in total. The van der Waals surface area contributed by atoms with Crippen LogP contribution in [0, 0.1) is 17.7 Å². The molecule has 1 aromatic carbocycles. The first-order chi connectivity index (χ1) is 15.4. The van der Waals surface area contributed by atoms with Crippen LogP contribution in [0.2, 0.25) is 0 Å². The third-order valence-electron chi connectivity index (χ3n) is 5.91. The van der Waals surface area contributed by atoms with Gasteiger partial charge in [0.1, 0.15) is 11.6 Å². The summed E-state index contributed by atoms with van der Waals surface area (Å²) in [6, 6.07) is 7.26. The Kier molecular flexibility index (Phi) is 6.25. The molecule has 166 valence electrons. The van der Waals surface area contributed by atoms with Crippen LogP contribution in [-0.4, -0.2) is 28.6 Å². The number of rotatable bonds is 6. The van der Waals surface area contributed by atoms with E-state index in [2.05, 4.69) is 20.9 Å². The average Bonchev–Trinajstić information content (AvgIpc) is 3.06. The maximum atomic E-state index is 13.2. The van der Waals surface area contributed by atoms with Gasteiger partial charge in [-0.1, -0.05) is 18.2 Å². The minimum Gasteiger partial charge on any atom is -0.334 e. The maximum Gasteiger partial charge on any atom is 0.320 e. The van der Waals surface area contributed by atoms with E-state index in [4.69, 9.17) is 0 Å².